The average Bonchev–Trinajstić information content (AvgIpc) is 2.47. The summed E-state index contributed by atoms with van der Waals surface area (Å²) in [6, 6.07) is 14.9. The molecule has 0 saturated carbocycles. The Labute approximate surface area is 126 Å². The van der Waals surface area contributed by atoms with Gasteiger partial charge < -0.3 is 5.32 Å². The van der Waals surface area contributed by atoms with Gasteiger partial charge in [0.15, 0.2) is 0 Å². The van der Waals surface area contributed by atoms with Crippen molar-refractivity contribution in [2.24, 2.45) is 0 Å². The van der Waals surface area contributed by atoms with Gasteiger partial charge in [-0.15, -0.1) is 0 Å². The van der Waals surface area contributed by atoms with Gasteiger partial charge in [0.1, 0.15) is 0 Å². The smallest absolute Gasteiger partial charge is 0.201 e. The Morgan fingerprint density at radius 2 is 1.90 bits per heavy atom. The Hall–Kier alpha value is -1.71. The Morgan fingerprint density at radius 1 is 1.15 bits per heavy atom. The van der Waals surface area contributed by atoms with Crippen LogP contribution in [0.5, 0.6) is 0 Å². The van der Waals surface area contributed by atoms with E-state index in [9.17, 15) is 4.79 Å². The number of benzene rings is 2. The van der Waals surface area contributed by atoms with Crippen LogP contribution in [0.2, 0.25) is 5.02 Å². The number of Topliss-reactive ketones (excluding diaryl/α,β-unsaturated/α-hetero) is 1. The van der Waals surface area contributed by atoms with Crippen LogP contribution >= 0.6 is 23.4 Å². The van der Waals surface area contributed by atoms with Crippen LogP contribution in [0.4, 0.5) is 5.69 Å². The second-order valence-corrected chi connectivity index (χ2v) is 6.01. The number of carbonyl (C=O) groups is 1. The number of nitrogens with one attached hydrogen (secondary N) is 1. The number of thioether (sulfide) groups is 1. The van der Waals surface area contributed by atoms with E-state index < -0.39 is 0 Å². The highest BCUT2D eigenvalue weighted by Crippen LogP contribution is 2.41. The van der Waals surface area contributed by atoms with Crippen molar-refractivity contribution < 1.29 is 4.79 Å². The van der Waals surface area contributed by atoms with Crippen LogP contribution in [0.1, 0.15) is 17.3 Å². The molecule has 0 amide bonds. The van der Waals surface area contributed by atoms with Gasteiger partial charge in [-0.3, -0.25) is 4.79 Å². The standard InChI is InChI=1S/C16H12ClNOS/c1-10-16(15(19)11-5-3-2-4-6-11)20-14-9-12(17)7-8-13(14)18-10/h2-9,18H,1H3. The van der Waals surface area contributed by atoms with Crippen molar-refractivity contribution in [3.63, 3.8) is 0 Å². The number of ketones is 1. The third-order valence-electron chi connectivity index (χ3n) is 3.06. The molecule has 0 aliphatic carbocycles. The third kappa shape index (κ3) is 2.47. The van der Waals surface area contributed by atoms with Crippen LogP contribution in [-0.2, 0) is 0 Å². The molecule has 100 valence electrons. The summed E-state index contributed by atoms with van der Waals surface area (Å²) in [6.07, 6.45) is 0. The number of carbonyl (C=O) groups excluding carboxylic acids is 1. The minimum atomic E-state index is 0.0335. The summed E-state index contributed by atoms with van der Waals surface area (Å²) in [5.41, 5.74) is 2.56. The highest BCUT2D eigenvalue weighted by atomic mass is 35.5. The lowest BCUT2D eigenvalue weighted by molar-refractivity contribution is 0.104. The van der Waals surface area contributed by atoms with Crippen molar-refractivity contribution in [3.8, 4) is 0 Å². The Balaban J connectivity index is 1.97. The summed E-state index contributed by atoms with van der Waals surface area (Å²) in [4.78, 5) is 14.2. The van der Waals surface area contributed by atoms with Gasteiger partial charge in [0.25, 0.3) is 0 Å². The molecule has 0 atom stereocenters. The van der Waals surface area contributed by atoms with Crippen molar-refractivity contribution >= 4 is 34.8 Å². The molecule has 2 nitrogen and oxygen atoms in total. The number of allylic oxidation sites excluding steroid dienone is 2. The SMILES string of the molecule is CC1=C(C(=O)c2ccccc2)Sc2cc(Cl)ccc2N1. The molecule has 2 aromatic carbocycles. The molecular weight excluding hydrogens is 290 g/mol. The van der Waals surface area contributed by atoms with Gasteiger partial charge in [0, 0.05) is 21.2 Å². The highest BCUT2D eigenvalue weighted by molar-refractivity contribution is 8.04. The topological polar surface area (TPSA) is 29.1 Å². The van der Waals surface area contributed by atoms with E-state index in [-0.39, 0.29) is 5.78 Å². The van der Waals surface area contributed by atoms with Crippen molar-refractivity contribution in [2.75, 3.05) is 5.32 Å². The molecule has 0 bridgehead atoms. The van der Waals surface area contributed by atoms with E-state index in [0.717, 1.165) is 16.3 Å². The first-order valence-electron chi connectivity index (χ1n) is 6.20. The minimum Gasteiger partial charge on any atom is -0.357 e. The number of fused-ring (bicyclic) bond motifs is 1. The molecule has 0 saturated heterocycles. The summed E-state index contributed by atoms with van der Waals surface area (Å²) < 4.78 is 0. The molecule has 0 aromatic heterocycles. The van der Waals surface area contributed by atoms with E-state index in [0.29, 0.717) is 15.5 Å². The summed E-state index contributed by atoms with van der Waals surface area (Å²) in [5, 5.41) is 3.94. The zero-order valence-corrected chi connectivity index (χ0v) is 12.4. The maximum atomic E-state index is 12.6. The lowest BCUT2D eigenvalue weighted by Crippen LogP contribution is -2.11. The average molecular weight is 302 g/mol. The number of halogens is 1. The Bertz CT molecular complexity index is 710. The largest absolute Gasteiger partial charge is 0.357 e. The fourth-order valence-electron chi connectivity index (χ4n) is 2.07. The van der Waals surface area contributed by atoms with E-state index in [2.05, 4.69) is 5.32 Å². The molecule has 0 fully saturated rings. The molecule has 2 aromatic rings. The first-order chi connectivity index (χ1) is 9.65. The summed E-state index contributed by atoms with van der Waals surface area (Å²) in [6.45, 7) is 1.92. The summed E-state index contributed by atoms with van der Waals surface area (Å²) in [5.74, 6) is 0.0335. The lowest BCUT2D eigenvalue weighted by atomic mass is 10.1. The van der Waals surface area contributed by atoms with Crippen molar-refractivity contribution in [1.82, 2.24) is 0 Å². The number of anilines is 1. The molecule has 20 heavy (non-hydrogen) atoms. The normalized spacial score (nSPS) is 13.7. The lowest BCUT2D eigenvalue weighted by Gasteiger charge is -2.21. The molecule has 1 aliphatic heterocycles. The predicted octanol–water partition coefficient (Wildman–Crippen LogP) is 4.97. The summed E-state index contributed by atoms with van der Waals surface area (Å²) >= 11 is 7.48. The predicted molar refractivity (Wildman–Crippen MR) is 84.4 cm³/mol. The van der Waals surface area contributed by atoms with Crippen molar-refractivity contribution in [2.45, 2.75) is 11.8 Å². The zero-order chi connectivity index (χ0) is 14.1. The zero-order valence-electron chi connectivity index (χ0n) is 10.8. The minimum absolute atomic E-state index is 0.0335. The quantitative estimate of drug-likeness (QED) is 0.794. The third-order valence-corrected chi connectivity index (χ3v) is 4.55. The number of hydrogen-bond donors (Lipinski definition) is 1. The second-order valence-electron chi connectivity index (χ2n) is 4.52. The first-order valence-corrected chi connectivity index (χ1v) is 7.39. The molecule has 3 rings (SSSR count). The molecule has 0 spiro atoms. The molecule has 4 heteroatoms. The second kappa shape index (κ2) is 5.35. The fraction of sp³-hybridized carbons (Fsp3) is 0.0625. The van der Waals surface area contributed by atoms with Crippen LogP contribution in [0.15, 0.2) is 64.0 Å². The van der Waals surface area contributed by atoms with E-state index in [1.54, 1.807) is 0 Å². The molecule has 0 unspecified atom stereocenters. The van der Waals surface area contributed by atoms with Gasteiger partial charge in [-0.2, -0.15) is 0 Å². The van der Waals surface area contributed by atoms with Gasteiger partial charge in [-0.05, 0) is 25.1 Å². The molecule has 0 radical (unpaired) electrons. The van der Waals surface area contributed by atoms with Crippen LogP contribution in [-0.4, -0.2) is 5.78 Å². The van der Waals surface area contributed by atoms with Crippen LogP contribution in [0.3, 0.4) is 0 Å². The highest BCUT2D eigenvalue weighted by Gasteiger charge is 2.22. The van der Waals surface area contributed by atoms with Gasteiger partial charge in [0.2, 0.25) is 5.78 Å². The molecular formula is C16H12ClNOS. The number of rotatable bonds is 2. The number of hydrogen-bond acceptors (Lipinski definition) is 3. The molecule has 1 aliphatic rings. The van der Waals surface area contributed by atoms with Crippen LogP contribution < -0.4 is 5.32 Å². The molecule has 1 N–H and O–H groups in total. The van der Waals surface area contributed by atoms with Gasteiger partial charge in [-0.1, -0.05) is 53.7 Å². The van der Waals surface area contributed by atoms with Crippen molar-refractivity contribution in [3.05, 3.63) is 69.7 Å². The van der Waals surface area contributed by atoms with Gasteiger partial charge >= 0.3 is 0 Å². The van der Waals surface area contributed by atoms with E-state index in [1.165, 1.54) is 11.8 Å². The van der Waals surface area contributed by atoms with Crippen molar-refractivity contribution in [1.29, 1.82) is 0 Å². The van der Waals surface area contributed by atoms with E-state index in [1.807, 2.05) is 55.5 Å². The Kier molecular flexibility index (Phi) is 3.55. The van der Waals surface area contributed by atoms with Gasteiger partial charge in [0.05, 0.1) is 10.6 Å². The van der Waals surface area contributed by atoms with Gasteiger partial charge in [-0.25, -0.2) is 0 Å². The van der Waals surface area contributed by atoms with E-state index >= 15 is 0 Å². The monoisotopic (exact) mass is 301 g/mol. The Morgan fingerprint density at radius 3 is 2.65 bits per heavy atom. The van der Waals surface area contributed by atoms with Crippen LogP contribution in [0, 0.1) is 0 Å². The molecule has 1 heterocycles. The van der Waals surface area contributed by atoms with Crippen LogP contribution in [0.25, 0.3) is 0 Å². The first kappa shape index (κ1) is 13.3. The fourth-order valence-corrected chi connectivity index (χ4v) is 3.35. The van der Waals surface area contributed by atoms with E-state index in [4.69, 9.17) is 11.6 Å². The summed E-state index contributed by atoms with van der Waals surface area (Å²) in [7, 11) is 0. The maximum absolute atomic E-state index is 12.6. The maximum Gasteiger partial charge on any atom is 0.201 e.